The van der Waals surface area contributed by atoms with Crippen LogP contribution in [0.5, 0.6) is 11.5 Å². The van der Waals surface area contributed by atoms with Crippen LogP contribution in [0.3, 0.4) is 0 Å². The van der Waals surface area contributed by atoms with E-state index >= 15 is 0 Å². The van der Waals surface area contributed by atoms with Crippen LogP contribution in [0, 0.1) is 0 Å². The van der Waals surface area contributed by atoms with E-state index in [1.54, 1.807) is 24.3 Å². The average molecular weight is 345 g/mol. The van der Waals surface area contributed by atoms with Gasteiger partial charge in [-0.1, -0.05) is 6.07 Å². The molecule has 23 heavy (non-hydrogen) atoms. The van der Waals surface area contributed by atoms with Crippen LogP contribution >= 0.6 is 7.52 Å². The van der Waals surface area contributed by atoms with Gasteiger partial charge in [0.15, 0.2) is 0 Å². The lowest BCUT2D eigenvalue weighted by Crippen LogP contribution is -2.07. The molecule has 4 nitrogen and oxygen atoms in total. The van der Waals surface area contributed by atoms with Gasteiger partial charge in [-0.15, -0.1) is 0 Å². The summed E-state index contributed by atoms with van der Waals surface area (Å²) < 4.78 is 60.8. The van der Waals surface area contributed by atoms with Gasteiger partial charge in [-0.3, -0.25) is 4.57 Å². The predicted molar refractivity (Wildman–Crippen MR) is 82.2 cm³/mol. The van der Waals surface area contributed by atoms with Crippen molar-refractivity contribution >= 4 is 13.2 Å². The first kappa shape index (κ1) is 17.2. The molecule has 1 atom stereocenters. The topological polar surface area (TPSA) is 47.6 Å². The van der Waals surface area contributed by atoms with E-state index in [1.165, 1.54) is 25.9 Å². The zero-order valence-corrected chi connectivity index (χ0v) is 13.3. The highest BCUT2D eigenvalue weighted by Gasteiger charge is 2.31. The third-order valence-corrected chi connectivity index (χ3v) is 4.08. The smallest absolute Gasteiger partial charge is 0.416 e. The van der Waals surface area contributed by atoms with E-state index in [4.69, 9.17) is 9.26 Å². The van der Waals surface area contributed by atoms with Crippen molar-refractivity contribution in [2.24, 2.45) is 0 Å². The Labute approximate surface area is 131 Å². The summed E-state index contributed by atoms with van der Waals surface area (Å²) in [6.07, 6.45) is -4.47. The van der Waals surface area contributed by atoms with E-state index in [0.717, 1.165) is 12.1 Å². The third-order valence-electron chi connectivity index (χ3n) is 2.86. The van der Waals surface area contributed by atoms with E-state index in [1.807, 2.05) is 0 Å². The van der Waals surface area contributed by atoms with Gasteiger partial charge in [0, 0.05) is 12.4 Å². The molecule has 2 aromatic carbocycles. The second kappa shape index (κ2) is 6.54. The first-order valence-electron chi connectivity index (χ1n) is 6.56. The largest absolute Gasteiger partial charge is 0.497 e. The average Bonchev–Trinajstić information content (AvgIpc) is 2.46. The van der Waals surface area contributed by atoms with Crippen molar-refractivity contribution in [3.8, 4) is 11.5 Å². The van der Waals surface area contributed by atoms with Gasteiger partial charge in [0.05, 0.1) is 12.7 Å². The highest BCUT2D eigenvalue weighted by molar-refractivity contribution is 7.60. The summed E-state index contributed by atoms with van der Waals surface area (Å²) in [4.78, 5) is 0. The number of alkyl halides is 3. The Bertz CT molecular complexity index is 717. The summed E-state index contributed by atoms with van der Waals surface area (Å²) in [6.45, 7) is 1.29. The molecule has 0 amide bonds. The van der Waals surface area contributed by atoms with Crippen LogP contribution in [-0.2, 0) is 10.7 Å². The number of nitrogens with one attached hydrogen (secondary N) is 1. The minimum Gasteiger partial charge on any atom is -0.497 e. The molecule has 0 unspecified atom stereocenters. The lowest BCUT2D eigenvalue weighted by atomic mass is 10.2. The number of ether oxygens (including phenoxy) is 1. The maximum absolute atomic E-state index is 12.7. The van der Waals surface area contributed by atoms with Gasteiger partial charge in [-0.2, -0.15) is 13.2 Å². The first-order chi connectivity index (χ1) is 10.7. The van der Waals surface area contributed by atoms with Crippen molar-refractivity contribution in [1.82, 2.24) is 0 Å². The van der Waals surface area contributed by atoms with E-state index < -0.39 is 19.3 Å². The van der Waals surface area contributed by atoms with E-state index in [0.29, 0.717) is 11.5 Å². The number of anilines is 1. The van der Waals surface area contributed by atoms with E-state index in [2.05, 4.69) is 5.09 Å². The van der Waals surface area contributed by atoms with E-state index in [-0.39, 0.29) is 5.69 Å². The first-order valence-corrected chi connectivity index (χ1v) is 8.63. The highest BCUT2D eigenvalue weighted by atomic mass is 31.2. The van der Waals surface area contributed by atoms with Gasteiger partial charge in [0.25, 0.3) is 0 Å². The molecule has 124 valence electrons. The molecule has 0 bridgehead atoms. The number of methoxy groups -OCH3 is 1. The molecule has 0 heterocycles. The second-order valence-electron chi connectivity index (χ2n) is 4.80. The summed E-state index contributed by atoms with van der Waals surface area (Å²) in [7, 11) is -1.88. The summed E-state index contributed by atoms with van der Waals surface area (Å²) in [5.74, 6) is 0.922. The normalized spacial score (nSPS) is 14.0. The Balaban J connectivity index is 2.12. The fourth-order valence-electron chi connectivity index (χ4n) is 1.86. The van der Waals surface area contributed by atoms with Crippen LogP contribution < -0.4 is 14.3 Å². The molecule has 1 N–H and O–H groups in total. The van der Waals surface area contributed by atoms with Crippen molar-refractivity contribution in [2.75, 3.05) is 18.9 Å². The second-order valence-corrected chi connectivity index (χ2v) is 6.90. The van der Waals surface area contributed by atoms with Crippen LogP contribution in [0.25, 0.3) is 0 Å². The fraction of sp³-hybridized carbons (Fsp3) is 0.200. The van der Waals surface area contributed by atoms with Crippen molar-refractivity contribution in [3.63, 3.8) is 0 Å². The van der Waals surface area contributed by atoms with Crippen molar-refractivity contribution < 1.29 is 27.0 Å². The molecule has 0 saturated carbocycles. The Morgan fingerprint density at radius 2 is 1.65 bits per heavy atom. The molecule has 2 aromatic rings. The molecular formula is C15H15F3NO3P. The van der Waals surface area contributed by atoms with Gasteiger partial charge in [-0.05, 0) is 42.5 Å². The maximum atomic E-state index is 12.7. The zero-order valence-electron chi connectivity index (χ0n) is 12.4. The number of hydrogen-bond donors (Lipinski definition) is 1. The van der Waals surface area contributed by atoms with Gasteiger partial charge in [0.2, 0.25) is 0 Å². The van der Waals surface area contributed by atoms with Crippen molar-refractivity contribution in [1.29, 1.82) is 0 Å². The van der Waals surface area contributed by atoms with Gasteiger partial charge < -0.3 is 14.3 Å². The van der Waals surface area contributed by atoms with Crippen LogP contribution in [0.1, 0.15) is 5.56 Å². The van der Waals surface area contributed by atoms with E-state index in [9.17, 15) is 17.7 Å². The molecule has 0 spiro atoms. The van der Waals surface area contributed by atoms with Crippen LogP contribution in [0.2, 0.25) is 0 Å². The van der Waals surface area contributed by atoms with Gasteiger partial charge in [0.1, 0.15) is 11.5 Å². The molecule has 8 heteroatoms. The lowest BCUT2D eigenvalue weighted by molar-refractivity contribution is -0.137. The van der Waals surface area contributed by atoms with Crippen molar-refractivity contribution in [3.05, 3.63) is 54.1 Å². The molecule has 0 fully saturated rings. The fourth-order valence-corrected chi connectivity index (χ4v) is 3.04. The lowest BCUT2D eigenvalue weighted by Gasteiger charge is -2.18. The summed E-state index contributed by atoms with van der Waals surface area (Å²) in [5.41, 5.74) is -0.758. The molecule has 0 saturated heterocycles. The molecule has 2 rings (SSSR count). The molecule has 0 aromatic heterocycles. The number of rotatable bonds is 5. The molecule has 0 aliphatic rings. The predicted octanol–water partition coefficient (Wildman–Crippen LogP) is 5.03. The van der Waals surface area contributed by atoms with Gasteiger partial charge in [-0.25, -0.2) is 0 Å². The monoisotopic (exact) mass is 345 g/mol. The molecule has 0 aliphatic carbocycles. The summed E-state index contributed by atoms with van der Waals surface area (Å²) in [6, 6.07) is 10.8. The minimum atomic E-state index is -4.47. The van der Waals surface area contributed by atoms with Crippen LogP contribution in [-0.4, -0.2) is 13.8 Å². The number of benzene rings is 2. The molecule has 0 aliphatic heterocycles. The summed E-state index contributed by atoms with van der Waals surface area (Å²) >= 11 is 0. The SMILES string of the molecule is COc1ccc(O[P@](C)(=O)Nc2cccc(C(F)(F)F)c2)cc1. The molecule has 0 radical (unpaired) electrons. The van der Waals surface area contributed by atoms with Crippen LogP contribution in [0.4, 0.5) is 18.9 Å². The zero-order chi connectivity index (χ0) is 17.1. The standard InChI is InChI=1S/C15H15F3NO3P/c1-21-13-6-8-14(9-7-13)22-23(2,20)19-12-5-3-4-11(10-12)15(16,17)18/h3-10H,1-2H3,(H,19,20)/t23-/m0/s1. The number of halogens is 3. The third kappa shape index (κ3) is 4.93. The van der Waals surface area contributed by atoms with Crippen molar-refractivity contribution in [2.45, 2.75) is 6.18 Å². The summed E-state index contributed by atoms with van der Waals surface area (Å²) in [5, 5.41) is 2.51. The van der Waals surface area contributed by atoms with Gasteiger partial charge >= 0.3 is 13.7 Å². The molecular weight excluding hydrogens is 330 g/mol. The highest BCUT2D eigenvalue weighted by Crippen LogP contribution is 2.44. The Hall–Kier alpha value is -2.14. The quantitative estimate of drug-likeness (QED) is 0.773. The Morgan fingerprint density at radius 3 is 2.22 bits per heavy atom. The van der Waals surface area contributed by atoms with Crippen LogP contribution in [0.15, 0.2) is 48.5 Å². The number of hydrogen-bond acceptors (Lipinski definition) is 3. The Kier molecular flexibility index (Phi) is 4.90. The maximum Gasteiger partial charge on any atom is 0.416 e. The minimum absolute atomic E-state index is 0.0687. The Morgan fingerprint density at radius 1 is 1.04 bits per heavy atom.